The van der Waals surface area contributed by atoms with Gasteiger partial charge in [0.1, 0.15) is 18.1 Å². The first-order chi connectivity index (χ1) is 8.29. The third-order valence-electron chi connectivity index (χ3n) is 2.40. The van der Waals surface area contributed by atoms with Crippen molar-refractivity contribution >= 4 is 11.3 Å². The number of methoxy groups -OCH3 is 1. The van der Waals surface area contributed by atoms with Crippen LogP contribution in [-0.2, 0) is 0 Å². The smallest absolute Gasteiger partial charge is 0.119 e. The normalized spacial score (nSPS) is 12.1. The minimum absolute atomic E-state index is 0.0721. The minimum Gasteiger partial charge on any atom is -0.497 e. The highest BCUT2D eigenvalue weighted by molar-refractivity contribution is 7.10. The van der Waals surface area contributed by atoms with E-state index in [1.807, 2.05) is 41.8 Å². The van der Waals surface area contributed by atoms with Crippen molar-refractivity contribution in [1.82, 2.24) is 0 Å². The van der Waals surface area contributed by atoms with Gasteiger partial charge in [-0.3, -0.25) is 0 Å². The molecule has 0 amide bonds. The predicted octanol–water partition coefficient (Wildman–Crippen LogP) is 2.84. The molecule has 3 nitrogen and oxygen atoms in total. The fraction of sp³-hybridized carbons (Fsp3) is 0.231. The molecular formula is C13H15NO2S. The van der Waals surface area contributed by atoms with Crippen LogP contribution in [0.15, 0.2) is 41.8 Å². The standard InChI is InChI=1S/C13H15NO2S/c1-15-10-4-6-11(7-5-10)16-9-12(14)13-3-2-8-17-13/h2-8,12H,9,14H2,1H3. The Labute approximate surface area is 105 Å². The lowest BCUT2D eigenvalue weighted by atomic mass is 10.3. The molecule has 1 heterocycles. The van der Waals surface area contributed by atoms with E-state index in [2.05, 4.69) is 0 Å². The zero-order chi connectivity index (χ0) is 12.1. The molecule has 90 valence electrons. The first kappa shape index (κ1) is 12.0. The first-order valence-electron chi connectivity index (χ1n) is 5.35. The monoisotopic (exact) mass is 249 g/mol. The second-order valence-electron chi connectivity index (χ2n) is 3.61. The second-order valence-corrected chi connectivity index (χ2v) is 4.59. The van der Waals surface area contributed by atoms with E-state index in [0.717, 1.165) is 16.4 Å². The SMILES string of the molecule is COc1ccc(OCC(N)c2cccs2)cc1. The third kappa shape index (κ3) is 3.22. The lowest BCUT2D eigenvalue weighted by Crippen LogP contribution is -2.17. The molecule has 2 N–H and O–H groups in total. The summed E-state index contributed by atoms with van der Waals surface area (Å²) in [5, 5.41) is 2.02. The number of hydrogen-bond donors (Lipinski definition) is 1. The van der Waals surface area contributed by atoms with E-state index in [0.29, 0.717) is 6.61 Å². The summed E-state index contributed by atoms with van der Waals surface area (Å²) in [6.07, 6.45) is 0. The van der Waals surface area contributed by atoms with Crippen molar-refractivity contribution in [2.45, 2.75) is 6.04 Å². The zero-order valence-electron chi connectivity index (χ0n) is 9.63. The van der Waals surface area contributed by atoms with Crippen LogP contribution >= 0.6 is 11.3 Å². The average Bonchev–Trinajstić information content (AvgIpc) is 2.90. The molecule has 17 heavy (non-hydrogen) atoms. The van der Waals surface area contributed by atoms with E-state index >= 15 is 0 Å². The topological polar surface area (TPSA) is 44.5 Å². The number of benzene rings is 1. The van der Waals surface area contributed by atoms with Gasteiger partial charge in [-0.2, -0.15) is 0 Å². The molecule has 0 saturated heterocycles. The maximum atomic E-state index is 6.00. The summed E-state index contributed by atoms with van der Waals surface area (Å²) >= 11 is 1.65. The molecule has 1 aromatic heterocycles. The van der Waals surface area contributed by atoms with Crippen LogP contribution in [0.25, 0.3) is 0 Å². The van der Waals surface area contributed by atoms with Crippen molar-refractivity contribution < 1.29 is 9.47 Å². The highest BCUT2D eigenvalue weighted by atomic mass is 32.1. The first-order valence-corrected chi connectivity index (χ1v) is 6.23. The molecule has 0 radical (unpaired) electrons. The molecule has 1 atom stereocenters. The number of nitrogens with two attached hydrogens (primary N) is 1. The lowest BCUT2D eigenvalue weighted by molar-refractivity contribution is 0.291. The summed E-state index contributed by atoms with van der Waals surface area (Å²) in [6, 6.07) is 11.4. The van der Waals surface area contributed by atoms with Crippen LogP contribution in [0.4, 0.5) is 0 Å². The highest BCUT2D eigenvalue weighted by Gasteiger charge is 2.07. The molecule has 0 fully saturated rings. The van der Waals surface area contributed by atoms with Crippen LogP contribution in [0, 0.1) is 0 Å². The van der Waals surface area contributed by atoms with Gasteiger partial charge in [0.25, 0.3) is 0 Å². The maximum Gasteiger partial charge on any atom is 0.119 e. The Morgan fingerprint density at radius 2 is 1.88 bits per heavy atom. The van der Waals surface area contributed by atoms with Gasteiger partial charge in [-0.1, -0.05) is 6.07 Å². The average molecular weight is 249 g/mol. The van der Waals surface area contributed by atoms with Crippen LogP contribution in [-0.4, -0.2) is 13.7 Å². The van der Waals surface area contributed by atoms with Gasteiger partial charge >= 0.3 is 0 Å². The van der Waals surface area contributed by atoms with Crippen LogP contribution in [0.2, 0.25) is 0 Å². The number of ether oxygens (including phenoxy) is 2. The number of rotatable bonds is 5. The Morgan fingerprint density at radius 1 is 1.18 bits per heavy atom. The van der Waals surface area contributed by atoms with Crippen molar-refractivity contribution in [3.63, 3.8) is 0 Å². The molecule has 0 aliphatic rings. The van der Waals surface area contributed by atoms with Crippen LogP contribution in [0.5, 0.6) is 11.5 Å². The van der Waals surface area contributed by atoms with E-state index in [-0.39, 0.29) is 6.04 Å². The van der Waals surface area contributed by atoms with Crippen molar-refractivity contribution in [3.8, 4) is 11.5 Å². The van der Waals surface area contributed by atoms with Gasteiger partial charge in [0.2, 0.25) is 0 Å². The number of thiophene rings is 1. The van der Waals surface area contributed by atoms with Gasteiger partial charge in [-0.05, 0) is 35.7 Å². The summed E-state index contributed by atoms with van der Waals surface area (Å²) in [5.41, 5.74) is 6.00. The summed E-state index contributed by atoms with van der Waals surface area (Å²) in [5.74, 6) is 1.62. The third-order valence-corrected chi connectivity index (χ3v) is 3.40. The van der Waals surface area contributed by atoms with E-state index in [1.54, 1.807) is 18.4 Å². The molecule has 0 saturated carbocycles. The van der Waals surface area contributed by atoms with Crippen LogP contribution < -0.4 is 15.2 Å². The molecule has 1 aromatic carbocycles. The summed E-state index contributed by atoms with van der Waals surface area (Å²) in [7, 11) is 1.64. The Bertz CT molecular complexity index is 439. The minimum atomic E-state index is -0.0721. The molecule has 2 rings (SSSR count). The summed E-state index contributed by atoms with van der Waals surface area (Å²) in [6.45, 7) is 0.479. The molecule has 4 heteroatoms. The molecule has 0 aliphatic carbocycles. The summed E-state index contributed by atoms with van der Waals surface area (Å²) in [4.78, 5) is 1.14. The zero-order valence-corrected chi connectivity index (χ0v) is 10.4. The lowest BCUT2D eigenvalue weighted by Gasteiger charge is -2.11. The van der Waals surface area contributed by atoms with Crippen LogP contribution in [0.3, 0.4) is 0 Å². The molecule has 0 bridgehead atoms. The molecule has 2 aromatic rings. The Morgan fingerprint density at radius 3 is 2.47 bits per heavy atom. The Balaban J connectivity index is 1.89. The number of hydrogen-bond acceptors (Lipinski definition) is 4. The predicted molar refractivity (Wildman–Crippen MR) is 69.7 cm³/mol. The van der Waals surface area contributed by atoms with Crippen molar-refractivity contribution in [2.75, 3.05) is 13.7 Å². The van der Waals surface area contributed by atoms with Crippen molar-refractivity contribution in [3.05, 3.63) is 46.7 Å². The molecule has 0 aliphatic heterocycles. The van der Waals surface area contributed by atoms with E-state index in [9.17, 15) is 0 Å². The molecule has 1 unspecified atom stereocenters. The van der Waals surface area contributed by atoms with Crippen molar-refractivity contribution in [2.24, 2.45) is 5.73 Å². The van der Waals surface area contributed by atoms with Gasteiger partial charge in [-0.25, -0.2) is 0 Å². The largest absolute Gasteiger partial charge is 0.497 e. The second kappa shape index (κ2) is 5.70. The fourth-order valence-corrected chi connectivity index (χ4v) is 2.16. The van der Waals surface area contributed by atoms with E-state index in [1.165, 1.54) is 0 Å². The van der Waals surface area contributed by atoms with Gasteiger partial charge in [0.05, 0.1) is 13.2 Å². The fourth-order valence-electron chi connectivity index (χ4n) is 1.44. The van der Waals surface area contributed by atoms with Gasteiger partial charge in [-0.15, -0.1) is 11.3 Å². The van der Waals surface area contributed by atoms with Crippen molar-refractivity contribution in [1.29, 1.82) is 0 Å². The van der Waals surface area contributed by atoms with Crippen LogP contribution in [0.1, 0.15) is 10.9 Å². The Kier molecular flexibility index (Phi) is 4.01. The van der Waals surface area contributed by atoms with Gasteiger partial charge in [0, 0.05) is 4.88 Å². The van der Waals surface area contributed by atoms with E-state index < -0.39 is 0 Å². The van der Waals surface area contributed by atoms with Gasteiger partial charge < -0.3 is 15.2 Å². The van der Waals surface area contributed by atoms with Gasteiger partial charge in [0.15, 0.2) is 0 Å². The summed E-state index contributed by atoms with van der Waals surface area (Å²) < 4.78 is 10.7. The molecule has 0 spiro atoms. The maximum absolute atomic E-state index is 6.00. The highest BCUT2D eigenvalue weighted by Crippen LogP contribution is 2.20. The quantitative estimate of drug-likeness (QED) is 0.886. The van der Waals surface area contributed by atoms with E-state index in [4.69, 9.17) is 15.2 Å². The Hall–Kier alpha value is -1.52. The molecular weight excluding hydrogens is 234 g/mol.